The smallest absolute Gasteiger partial charge is 0.282 e. The van der Waals surface area contributed by atoms with Crippen molar-refractivity contribution >= 4 is 16.5 Å². The minimum absolute atomic E-state index is 0.410. The van der Waals surface area contributed by atoms with Crippen LogP contribution in [0, 0.1) is 5.92 Å². The summed E-state index contributed by atoms with van der Waals surface area (Å²) in [5, 5.41) is 0. The Morgan fingerprint density at radius 2 is 1.89 bits per heavy atom. The van der Waals surface area contributed by atoms with Gasteiger partial charge in [-0.2, -0.15) is 17.0 Å². The molecule has 2 fully saturated rings. The van der Waals surface area contributed by atoms with Crippen LogP contribution in [0.1, 0.15) is 39.0 Å². The predicted octanol–water partition coefficient (Wildman–Crippen LogP) is 1.02. The SMILES string of the molecule is CC1CCCN(S(=O)(=O)N2CCCCC2C=O)C1. The normalized spacial score (nSPS) is 32.3. The molecule has 0 aliphatic carbocycles. The van der Waals surface area contributed by atoms with Gasteiger partial charge in [-0.15, -0.1) is 0 Å². The molecule has 2 heterocycles. The van der Waals surface area contributed by atoms with E-state index >= 15 is 0 Å². The summed E-state index contributed by atoms with van der Waals surface area (Å²) < 4.78 is 28.1. The number of nitrogens with zero attached hydrogens (tertiary/aromatic N) is 2. The Bertz CT molecular complexity index is 396. The lowest BCUT2D eigenvalue weighted by Gasteiger charge is -2.38. The maximum Gasteiger partial charge on any atom is 0.282 e. The fourth-order valence-corrected chi connectivity index (χ4v) is 4.81. The molecule has 104 valence electrons. The third kappa shape index (κ3) is 2.75. The first-order chi connectivity index (χ1) is 8.55. The van der Waals surface area contributed by atoms with E-state index in [9.17, 15) is 13.2 Å². The molecule has 18 heavy (non-hydrogen) atoms. The van der Waals surface area contributed by atoms with Crippen molar-refractivity contribution in [3.63, 3.8) is 0 Å². The number of aldehydes is 1. The van der Waals surface area contributed by atoms with Gasteiger partial charge in [0.25, 0.3) is 10.2 Å². The molecule has 0 aromatic carbocycles. The third-order valence-electron chi connectivity index (χ3n) is 3.90. The zero-order chi connectivity index (χ0) is 13.2. The van der Waals surface area contributed by atoms with Gasteiger partial charge in [-0.25, -0.2) is 0 Å². The lowest BCUT2D eigenvalue weighted by molar-refractivity contribution is -0.111. The van der Waals surface area contributed by atoms with E-state index in [-0.39, 0.29) is 0 Å². The van der Waals surface area contributed by atoms with Gasteiger partial charge >= 0.3 is 0 Å². The van der Waals surface area contributed by atoms with Gasteiger partial charge in [0, 0.05) is 19.6 Å². The summed E-state index contributed by atoms with van der Waals surface area (Å²) in [6.07, 6.45) is 5.23. The van der Waals surface area contributed by atoms with Gasteiger partial charge in [0.15, 0.2) is 0 Å². The zero-order valence-electron chi connectivity index (χ0n) is 10.9. The highest BCUT2D eigenvalue weighted by Gasteiger charge is 2.37. The van der Waals surface area contributed by atoms with E-state index in [4.69, 9.17) is 0 Å². The molecule has 0 saturated carbocycles. The second kappa shape index (κ2) is 5.67. The van der Waals surface area contributed by atoms with Crippen LogP contribution in [-0.2, 0) is 15.0 Å². The highest BCUT2D eigenvalue weighted by atomic mass is 32.2. The van der Waals surface area contributed by atoms with Crippen LogP contribution in [0.3, 0.4) is 0 Å². The van der Waals surface area contributed by atoms with Gasteiger partial charge in [0.2, 0.25) is 0 Å². The summed E-state index contributed by atoms with van der Waals surface area (Å²) >= 11 is 0. The Morgan fingerprint density at radius 3 is 2.56 bits per heavy atom. The summed E-state index contributed by atoms with van der Waals surface area (Å²) in [4.78, 5) is 11.0. The molecule has 2 aliphatic heterocycles. The Labute approximate surface area is 109 Å². The average molecular weight is 274 g/mol. The van der Waals surface area contributed by atoms with Gasteiger partial charge in [0.1, 0.15) is 6.29 Å². The fraction of sp³-hybridized carbons (Fsp3) is 0.917. The van der Waals surface area contributed by atoms with Crippen molar-refractivity contribution in [2.24, 2.45) is 5.92 Å². The van der Waals surface area contributed by atoms with Crippen LogP contribution in [0.4, 0.5) is 0 Å². The summed E-state index contributed by atoms with van der Waals surface area (Å²) in [6, 6.07) is -0.457. The second-order valence-corrected chi connectivity index (χ2v) is 7.30. The van der Waals surface area contributed by atoms with Crippen LogP contribution in [0.2, 0.25) is 0 Å². The van der Waals surface area contributed by atoms with E-state index in [0.717, 1.165) is 32.0 Å². The van der Waals surface area contributed by atoms with Crippen LogP contribution >= 0.6 is 0 Å². The van der Waals surface area contributed by atoms with Crippen molar-refractivity contribution in [2.75, 3.05) is 19.6 Å². The standard InChI is InChI=1S/C12H22N2O3S/c1-11-5-4-7-13(9-11)18(16,17)14-8-3-2-6-12(14)10-15/h10-12H,2-9H2,1H3. The minimum atomic E-state index is -3.44. The van der Waals surface area contributed by atoms with Gasteiger partial charge in [-0.05, 0) is 31.6 Å². The Kier molecular flexibility index (Phi) is 4.40. The van der Waals surface area contributed by atoms with Crippen molar-refractivity contribution in [1.29, 1.82) is 0 Å². The van der Waals surface area contributed by atoms with Crippen molar-refractivity contribution in [1.82, 2.24) is 8.61 Å². The Morgan fingerprint density at radius 1 is 1.11 bits per heavy atom. The molecule has 2 unspecified atom stereocenters. The van der Waals surface area contributed by atoms with Crippen LogP contribution in [0.5, 0.6) is 0 Å². The van der Waals surface area contributed by atoms with E-state index in [1.54, 1.807) is 4.31 Å². The molecule has 2 saturated heterocycles. The van der Waals surface area contributed by atoms with Crippen molar-refractivity contribution in [2.45, 2.75) is 45.1 Å². The lowest BCUT2D eigenvalue weighted by Crippen LogP contribution is -2.53. The van der Waals surface area contributed by atoms with Gasteiger partial charge in [-0.3, -0.25) is 0 Å². The number of carbonyl (C=O) groups is 1. The van der Waals surface area contributed by atoms with Crippen LogP contribution in [0.25, 0.3) is 0 Å². The van der Waals surface area contributed by atoms with Crippen LogP contribution in [0.15, 0.2) is 0 Å². The van der Waals surface area contributed by atoms with Crippen LogP contribution in [-0.4, -0.2) is 49.0 Å². The first-order valence-electron chi connectivity index (χ1n) is 6.78. The first kappa shape index (κ1) is 14.0. The van der Waals surface area contributed by atoms with E-state index in [1.807, 2.05) is 0 Å². The van der Waals surface area contributed by atoms with Crippen LogP contribution < -0.4 is 0 Å². The van der Waals surface area contributed by atoms with E-state index in [2.05, 4.69) is 6.92 Å². The highest BCUT2D eigenvalue weighted by Crippen LogP contribution is 2.25. The number of hydrogen-bond donors (Lipinski definition) is 0. The maximum atomic E-state index is 12.5. The zero-order valence-corrected chi connectivity index (χ0v) is 11.7. The Hall–Kier alpha value is -0.460. The number of carbonyl (C=O) groups excluding carboxylic acids is 1. The second-order valence-electron chi connectivity index (χ2n) is 5.42. The summed E-state index contributed by atoms with van der Waals surface area (Å²) in [6.45, 7) is 3.74. The molecular formula is C12H22N2O3S. The molecule has 0 aromatic rings. The topological polar surface area (TPSA) is 57.7 Å². The van der Waals surface area contributed by atoms with E-state index in [1.165, 1.54) is 4.31 Å². The van der Waals surface area contributed by atoms with Gasteiger partial charge in [-0.1, -0.05) is 13.3 Å². The molecule has 2 rings (SSSR count). The monoisotopic (exact) mass is 274 g/mol. The molecule has 5 nitrogen and oxygen atoms in total. The molecular weight excluding hydrogens is 252 g/mol. The molecule has 0 spiro atoms. The predicted molar refractivity (Wildman–Crippen MR) is 69.3 cm³/mol. The number of rotatable bonds is 3. The molecule has 0 radical (unpaired) electrons. The quantitative estimate of drug-likeness (QED) is 0.722. The first-order valence-corrected chi connectivity index (χ1v) is 8.17. The third-order valence-corrected chi connectivity index (χ3v) is 5.93. The maximum absolute atomic E-state index is 12.5. The summed E-state index contributed by atoms with van der Waals surface area (Å²) in [5.74, 6) is 0.410. The fourth-order valence-electron chi connectivity index (χ4n) is 2.86. The molecule has 0 amide bonds. The molecule has 0 N–H and O–H groups in total. The van der Waals surface area contributed by atoms with Gasteiger partial charge < -0.3 is 4.79 Å². The molecule has 2 atom stereocenters. The van der Waals surface area contributed by atoms with Crippen molar-refractivity contribution < 1.29 is 13.2 Å². The Balaban J connectivity index is 2.15. The number of piperidine rings is 2. The molecule has 6 heteroatoms. The van der Waals surface area contributed by atoms with Crippen molar-refractivity contribution in [3.8, 4) is 0 Å². The van der Waals surface area contributed by atoms with Crippen molar-refractivity contribution in [3.05, 3.63) is 0 Å². The highest BCUT2D eigenvalue weighted by molar-refractivity contribution is 7.86. The summed E-state index contributed by atoms with van der Waals surface area (Å²) in [5.41, 5.74) is 0. The lowest BCUT2D eigenvalue weighted by atomic mass is 10.0. The molecule has 0 bridgehead atoms. The van der Waals surface area contributed by atoms with Gasteiger partial charge in [0.05, 0.1) is 6.04 Å². The minimum Gasteiger partial charge on any atom is -0.302 e. The molecule has 0 aromatic heterocycles. The van der Waals surface area contributed by atoms with E-state index < -0.39 is 16.3 Å². The van der Waals surface area contributed by atoms with E-state index in [0.29, 0.717) is 32.0 Å². The molecule has 2 aliphatic rings. The summed E-state index contributed by atoms with van der Waals surface area (Å²) in [7, 11) is -3.44. The average Bonchev–Trinajstić information content (AvgIpc) is 2.38. The largest absolute Gasteiger partial charge is 0.302 e. The number of hydrogen-bond acceptors (Lipinski definition) is 3.